The van der Waals surface area contributed by atoms with Crippen molar-refractivity contribution < 1.29 is 4.74 Å². The first kappa shape index (κ1) is 17.1. The molecule has 0 aromatic heterocycles. The maximum absolute atomic E-state index is 5.31. The van der Waals surface area contributed by atoms with Crippen LogP contribution in [0.5, 0.6) is 0 Å². The highest BCUT2D eigenvalue weighted by Crippen LogP contribution is 2.27. The maximum Gasteiger partial charge on any atom is 0.0532 e. The van der Waals surface area contributed by atoms with Gasteiger partial charge in [-0.15, -0.1) is 0 Å². The molecule has 1 nitrogen and oxygen atoms in total. The molecule has 1 saturated heterocycles. The van der Waals surface area contributed by atoms with Gasteiger partial charge in [-0.05, 0) is 18.8 Å². The van der Waals surface area contributed by atoms with E-state index in [-0.39, 0.29) is 0 Å². The van der Waals surface area contributed by atoms with E-state index in [1.54, 1.807) is 0 Å². The van der Waals surface area contributed by atoms with E-state index in [1.165, 1.54) is 18.4 Å². The summed E-state index contributed by atoms with van der Waals surface area (Å²) in [5.74, 6) is 1.31. The standard InChI is InChI=1S/C10H18O.2C2H6/c1-4-8(2)9(3)10-5-6-11-7-10;2*1-2/h8,10H,3-7H2,1-2H3;2*1-2H3. The van der Waals surface area contributed by atoms with Crippen molar-refractivity contribution in [2.24, 2.45) is 11.8 Å². The zero-order chi connectivity index (χ0) is 12.3. The Morgan fingerprint density at radius 1 is 1.33 bits per heavy atom. The van der Waals surface area contributed by atoms with Gasteiger partial charge in [0.1, 0.15) is 0 Å². The van der Waals surface area contributed by atoms with Crippen molar-refractivity contribution in [3.63, 3.8) is 0 Å². The van der Waals surface area contributed by atoms with Crippen LogP contribution in [0.15, 0.2) is 12.2 Å². The lowest BCUT2D eigenvalue weighted by atomic mass is 9.88. The predicted molar refractivity (Wildman–Crippen MR) is 70.2 cm³/mol. The fourth-order valence-corrected chi connectivity index (χ4v) is 1.49. The summed E-state index contributed by atoms with van der Waals surface area (Å²) in [7, 11) is 0. The van der Waals surface area contributed by atoms with Gasteiger partial charge < -0.3 is 4.74 Å². The third-order valence-corrected chi connectivity index (χ3v) is 2.70. The maximum atomic E-state index is 5.31. The monoisotopic (exact) mass is 214 g/mol. The van der Waals surface area contributed by atoms with Gasteiger partial charge in [-0.1, -0.05) is 53.7 Å². The van der Waals surface area contributed by atoms with Crippen LogP contribution in [0, 0.1) is 11.8 Å². The van der Waals surface area contributed by atoms with Crippen molar-refractivity contribution in [2.75, 3.05) is 13.2 Å². The molecule has 2 unspecified atom stereocenters. The third-order valence-electron chi connectivity index (χ3n) is 2.70. The summed E-state index contributed by atoms with van der Waals surface area (Å²) in [4.78, 5) is 0. The molecule has 1 fully saturated rings. The van der Waals surface area contributed by atoms with Gasteiger partial charge in [-0.3, -0.25) is 0 Å². The number of hydrogen-bond acceptors (Lipinski definition) is 1. The average Bonchev–Trinajstić information content (AvgIpc) is 2.86. The quantitative estimate of drug-likeness (QED) is 0.620. The summed E-state index contributed by atoms with van der Waals surface area (Å²) < 4.78 is 5.31. The molecule has 1 aliphatic heterocycles. The van der Waals surface area contributed by atoms with E-state index in [2.05, 4.69) is 20.4 Å². The van der Waals surface area contributed by atoms with E-state index in [0.717, 1.165) is 13.2 Å². The van der Waals surface area contributed by atoms with Crippen LogP contribution >= 0.6 is 0 Å². The molecule has 92 valence electrons. The van der Waals surface area contributed by atoms with E-state index in [9.17, 15) is 0 Å². The van der Waals surface area contributed by atoms with Crippen LogP contribution in [0.25, 0.3) is 0 Å². The Hall–Kier alpha value is -0.300. The Morgan fingerprint density at radius 3 is 2.20 bits per heavy atom. The SMILES string of the molecule is C=C(C(C)CC)C1CCOC1.CC.CC. The van der Waals surface area contributed by atoms with Gasteiger partial charge in [0.25, 0.3) is 0 Å². The molecule has 0 bridgehead atoms. The molecule has 0 radical (unpaired) electrons. The van der Waals surface area contributed by atoms with Gasteiger partial charge in [0.05, 0.1) is 6.61 Å². The van der Waals surface area contributed by atoms with Gasteiger partial charge in [0, 0.05) is 12.5 Å². The second-order valence-electron chi connectivity index (χ2n) is 3.44. The first-order valence-corrected chi connectivity index (χ1v) is 6.52. The Balaban J connectivity index is 0. The molecule has 0 saturated carbocycles. The smallest absolute Gasteiger partial charge is 0.0532 e. The molecule has 0 N–H and O–H groups in total. The highest BCUT2D eigenvalue weighted by atomic mass is 16.5. The largest absolute Gasteiger partial charge is 0.381 e. The van der Waals surface area contributed by atoms with Crippen LogP contribution in [-0.4, -0.2) is 13.2 Å². The van der Waals surface area contributed by atoms with Gasteiger partial charge in [0.15, 0.2) is 0 Å². The molecule has 0 amide bonds. The summed E-state index contributed by atoms with van der Waals surface area (Å²) in [5.41, 5.74) is 1.39. The van der Waals surface area contributed by atoms with Crippen molar-refractivity contribution in [3.8, 4) is 0 Å². The molecule has 0 spiro atoms. The minimum Gasteiger partial charge on any atom is -0.381 e. The second-order valence-corrected chi connectivity index (χ2v) is 3.44. The molecule has 1 heteroatoms. The lowest BCUT2D eigenvalue weighted by molar-refractivity contribution is 0.189. The van der Waals surface area contributed by atoms with Crippen LogP contribution in [0.4, 0.5) is 0 Å². The van der Waals surface area contributed by atoms with Gasteiger partial charge in [0.2, 0.25) is 0 Å². The average molecular weight is 214 g/mol. The first-order chi connectivity index (χ1) is 7.25. The van der Waals surface area contributed by atoms with Crippen molar-refractivity contribution in [1.82, 2.24) is 0 Å². The molecular formula is C14H30O. The molecule has 1 aliphatic rings. The van der Waals surface area contributed by atoms with E-state index in [0.29, 0.717) is 11.8 Å². The molecule has 0 aromatic rings. The summed E-state index contributed by atoms with van der Waals surface area (Å²) in [6, 6.07) is 0. The van der Waals surface area contributed by atoms with Crippen molar-refractivity contribution in [2.45, 2.75) is 54.4 Å². The molecule has 1 heterocycles. The van der Waals surface area contributed by atoms with E-state index < -0.39 is 0 Å². The van der Waals surface area contributed by atoms with Crippen molar-refractivity contribution in [3.05, 3.63) is 12.2 Å². The zero-order valence-electron chi connectivity index (χ0n) is 11.6. The Bertz CT molecular complexity index is 134. The number of ether oxygens (including phenoxy) is 1. The predicted octanol–water partition coefficient (Wildman–Crippen LogP) is 4.68. The van der Waals surface area contributed by atoms with Crippen LogP contribution in [0.1, 0.15) is 54.4 Å². The van der Waals surface area contributed by atoms with Crippen LogP contribution < -0.4 is 0 Å². The summed E-state index contributed by atoms with van der Waals surface area (Å²) >= 11 is 0. The fourth-order valence-electron chi connectivity index (χ4n) is 1.49. The molecule has 15 heavy (non-hydrogen) atoms. The van der Waals surface area contributed by atoms with Gasteiger partial charge in [-0.2, -0.15) is 0 Å². The lowest BCUT2D eigenvalue weighted by Crippen LogP contribution is -2.09. The highest BCUT2D eigenvalue weighted by Gasteiger charge is 2.21. The minimum absolute atomic E-state index is 0.643. The molecule has 0 aromatic carbocycles. The highest BCUT2D eigenvalue weighted by molar-refractivity contribution is 5.05. The van der Waals surface area contributed by atoms with Gasteiger partial charge in [-0.25, -0.2) is 0 Å². The normalized spacial score (nSPS) is 20.5. The second kappa shape index (κ2) is 11.8. The molecule has 1 rings (SSSR count). The number of rotatable bonds is 3. The van der Waals surface area contributed by atoms with Crippen LogP contribution in [-0.2, 0) is 4.74 Å². The topological polar surface area (TPSA) is 9.23 Å². The first-order valence-electron chi connectivity index (χ1n) is 6.52. The van der Waals surface area contributed by atoms with E-state index >= 15 is 0 Å². The zero-order valence-corrected chi connectivity index (χ0v) is 11.6. The Kier molecular flexibility index (Phi) is 13.4. The lowest BCUT2D eigenvalue weighted by Gasteiger charge is -2.17. The summed E-state index contributed by atoms with van der Waals surface area (Å²) in [6.07, 6.45) is 2.39. The van der Waals surface area contributed by atoms with E-state index in [4.69, 9.17) is 4.74 Å². The van der Waals surface area contributed by atoms with Crippen molar-refractivity contribution >= 4 is 0 Å². The fraction of sp³-hybridized carbons (Fsp3) is 0.857. The molecular weight excluding hydrogens is 184 g/mol. The summed E-state index contributed by atoms with van der Waals surface area (Å²) in [5, 5.41) is 0. The Morgan fingerprint density at radius 2 is 1.87 bits per heavy atom. The minimum atomic E-state index is 0.643. The van der Waals surface area contributed by atoms with Crippen molar-refractivity contribution in [1.29, 1.82) is 0 Å². The molecule has 2 atom stereocenters. The molecule has 0 aliphatic carbocycles. The van der Waals surface area contributed by atoms with Crippen LogP contribution in [0.3, 0.4) is 0 Å². The Labute approximate surface area is 96.9 Å². The van der Waals surface area contributed by atoms with Gasteiger partial charge >= 0.3 is 0 Å². The third kappa shape index (κ3) is 6.72. The van der Waals surface area contributed by atoms with E-state index in [1.807, 2.05) is 27.7 Å². The summed E-state index contributed by atoms with van der Waals surface area (Å²) in [6.45, 7) is 18.4. The van der Waals surface area contributed by atoms with Crippen LogP contribution in [0.2, 0.25) is 0 Å². The number of hydrogen-bond donors (Lipinski definition) is 0.